The average molecular weight is 501 g/mol. The fourth-order valence-electron chi connectivity index (χ4n) is 2.30. The molecular weight excluding hydrogens is 490 g/mol. The summed E-state index contributed by atoms with van der Waals surface area (Å²) in [6, 6.07) is 9.46. The minimum atomic E-state index is -5.29. The van der Waals surface area contributed by atoms with Crippen molar-refractivity contribution in [1.29, 1.82) is 0 Å². The molecule has 0 amide bonds. The Balaban J connectivity index is 0.00000192. The van der Waals surface area contributed by atoms with E-state index in [1.165, 1.54) is 6.07 Å². The molecule has 6 nitrogen and oxygen atoms in total. The van der Waals surface area contributed by atoms with Crippen LogP contribution in [0.1, 0.15) is 10.4 Å². The minimum absolute atomic E-state index is 0. The van der Waals surface area contributed by atoms with Gasteiger partial charge in [-0.15, -0.1) is 0 Å². The molecule has 0 unspecified atom stereocenters. The summed E-state index contributed by atoms with van der Waals surface area (Å²) in [7, 11) is 0. The Hall–Kier alpha value is -1.59. The molecule has 136 valence electrons. The SMILES string of the molecule is O.O.O=C(c1c(O)c2c(ccc3ccccc32)oc1=O)C(F)(F)F.[Gd]. The molecule has 3 rings (SSSR count). The topological polar surface area (TPSA) is 131 Å². The van der Waals surface area contributed by atoms with Crippen LogP contribution in [0.5, 0.6) is 5.75 Å². The first-order chi connectivity index (χ1) is 10.3. The molecule has 0 aliphatic heterocycles. The number of hydrogen-bond donors (Lipinski definition) is 1. The van der Waals surface area contributed by atoms with Crippen LogP contribution >= 0.6 is 0 Å². The van der Waals surface area contributed by atoms with Crippen molar-refractivity contribution in [1.82, 2.24) is 0 Å². The Morgan fingerprint density at radius 3 is 2.24 bits per heavy atom. The first-order valence-corrected chi connectivity index (χ1v) is 6.10. The molecule has 5 N–H and O–H groups in total. The van der Waals surface area contributed by atoms with Crippen LogP contribution in [-0.4, -0.2) is 28.0 Å². The zero-order chi connectivity index (χ0) is 16.1. The predicted molar refractivity (Wildman–Crippen MR) is 79.3 cm³/mol. The van der Waals surface area contributed by atoms with E-state index >= 15 is 0 Å². The molecule has 0 radical (unpaired) electrons. The molecule has 1 heterocycles. The Morgan fingerprint density at radius 1 is 1.04 bits per heavy atom. The maximum atomic E-state index is 12.6. The van der Waals surface area contributed by atoms with E-state index in [1.807, 2.05) is 0 Å². The number of Topliss-reactive ketones (excluding diaryl/α,β-unsaturated/α-hetero) is 1. The van der Waals surface area contributed by atoms with E-state index in [9.17, 15) is 27.9 Å². The van der Waals surface area contributed by atoms with E-state index in [4.69, 9.17) is 4.42 Å². The summed E-state index contributed by atoms with van der Waals surface area (Å²) in [5.74, 6) is -3.46. The number of carbonyl (C=O) groups is 1. The summed E-state index contributed by atoms with van der Waals surface area (Å²) in [5, 5.41) is 11.0. The Bertz CT molecular complexity index is 981. The Morgan fingerprint density at radius 2 is 1.64 bits per heavy atom. The van der Waals surface area contributed by atoms with Gasteiger partial charge in [-0.05, 0) is 16.8 Å². The smallest absolute Gasteiger partial charge is 0.455 e. The quantitative estimate of drug-likeness (QED) is 0.309. The van der Waals surface area contributed by atoms with Gasteiger partial charge < -0.3 is 20.5 Å². The number of rotatable bonds is 1. The third-order valence-electron chi connectivity index (χ3n) is 3.26. The van der Waals surface area contributed by atoms with E-state index < -0.39 is 28.9 Å². The van der Waals surface area contributed by atoms with Gasteiger partial charge >= 0.3 is 11.8 Å². The molecular formula is C15H11F3GdO6. The van der Waals surface area contributed by atoms with Gasteiger partial charge in [-0.25, -0.2) is 4.79 Å². The number of ketones is 1. The summed E-state index contributed by atoms with van der Waals surface area (Å²) in [4.78, 5) is 23.0. The molecule has 0 aliphatic rings. The first kappa shape index (κ1) is 23.4. The minimum Gasteiger partial charge on any atom is -0.506 e. The number of aromatic hydroxyl groups is 1. The molecule has 0 bridgehead atoms. The van der Waals surface area contributed by atoms with Crippen molar-refractivity contribution in [3.05, 3.63) is 52.4 Å². The second-order valence-corrected chi connectivity index (χ2v) is 4.60. The molecule has 0 fully saturated rings. The van der Waals surface area contributed by atoms with Crippen molar-refractivity contribution >= 4 is 27.5 Å². The van der Waals surface area contributed by atoms with Crippen LogP contribution in [0.15, 0.2) is 45.6 Å². The molecule has 0 saturated carbocycles. The van der Waals surface area contributed by atoms with Gasteiger partial charge in [-0.3, -0.25) is 4.79 Å². The molecule has 2 aromatic carbocycles. The Kier molecular flexibility index (Phi) is 7.68. The number of halogens is 3. The van der Waals surface area contributed by atoms with Gasteiger partial charge in [0.25, 0.3) is 5.78 Å². The number of alkyl halides is 3. The summed E-state index contributed by atoms with van der Waals surface area (Å²) in [6.45, 7) is 0. The van der Waals surface area contributed by atoms with E-state index in [1.54, 1.807) is 30.3 Å². The third-order valence-corrected chi connectivity index (χ3v) is 3.26. The van der Waals surface area contributed by atoms with Gasteiger partial charge in [0.2, 0.25) is 0 Å². The van der Waals surface area contributed by atoms with Gasteiger partial charge in [-0.2, -0.15) is 13.2 Å². The first-order valence-electron chi connectivity index (χ1n) is 6.10. The largest absolute Gasteiger partial charge is 0.506 e. The van der Waals surface area contributed by atoms with Crippen molar-refractivity contribution in [2.45, 2.75) is 6.18 Å². The van der Waals surface area contributed by atoms with E-state index in [0.717, 1.165) is 0 Å². The van der Waals surface area contributed by atoms with Crippen LogP contribution in [0.4, 0.5) is 13.2 Å². The van der Waals surface area contributed by atoms with Crippen LogP contribution in [0.2, 0.25) is 0 Å². The molecule has 0 atom stereocenters. The van der Waals surface area contributed by atoms with Crippen LogP contribution < -0.4 is 5.63 Å². The second kappa shape index (κ2) is 8.20. The predicted octanol–water partition coefficient (Wildman–Crippen LogP) is 1.75. The molecule has 0 spiro atoms. The van der Waals surface area contributed by atoms with Crippen LogP contribution in [-0.2, 0) is 0 Å². The number of fused-ring (bicyclic) bond motifs is 3. The van der Waals surface area contributed by atoms with E-state index in [-0.39, 0.29) is 61.9 Å². The van der Waals surface area contributed by atoms with Crippen molar-refractivity contribution in [3.63, 3.8) is 0 Å². The number of carbonyl (C=O) groups excluding carboxylic acids is 1. The molecule has 1 aromatic heterocycles. The maximum absolute atomic E-state index is 12.6. The van der Waals surface area contributed by atoms with Gasteiger partial charge in [0.1, 0.15) is 11.3 Å². The summed E-state index contributed by atoms with van der Waals surface area (Å²) < 4.78 is 42.5. The molecule has 0 aliphatic carbocycles. The zero-order valence-electron chi connectivity index (χ0n) is 12.1. The second-order valence-electron chi connectivity index (χ2n) is 4.60. The normalized spacial score (nSPS) is 10.5. The number of hydrogen-bond acceptors (Lipinski definition) is 4. The van der Waals surface area contributed by atoms with Gasteiger partial charge in [0.05, 0.1) is 5.39 Å². The molecule has 10 heteroatoms. The van der Waals surface area contributed by atoms with Gasteiger partial charge in [-0.1, -0.05) is 30.3 Å². The third kappa shape index (κ3) is 3.99. The van der Waals surface area contributed by atoms with Crippen LogP contribution in [0.25, 0.3) is 21.7 Å². The zero-order valence-corrected chi connectivity index (χ0v) is 14.4. The maximum Gasteiger partial charge on any atom is 0.455 e. The summed E-state index contributed by atoms with van der Waals surface area (Å²) in [6.07, 6.45) is -5.29. The van der Waals surface area contributed by atoms with Gasteiger partial charge in [0.15, 0.2) is 5.56 Å². The van der Waals surface area contributed by atoms with Crippen LogP contribution in [0.3, 0.4) is 0 Å². The summed E-state index contributed by atoms with van der Waals surface area (Å²) in [5.41, 5.74) is -3.03. The van der Waals surface area contributed by atoms with E-state index in [0.29, 0.717) is 10.8 Å². The fourth-order valence-corrected chi connectivity index (χ4v) is 2.30. The Labute approximate surface area is 169 Å². The molecule has 0 saturated heterocycles. The molecule has 3 aromatic rings. The van der Waals surface area contributed by atoms with Crippen molar-refractivity contribution < 1.29 is 78.4 Å². The fraction of sp³-hybridized carbons (Fsp3) is 0.0667. The van der Waals surface area contributed by atoms with Crippen molar-refractivity contribution in [3.8, 4) is 5.75 Å². The van der Waals surface area contributed by atoms with Crippen molar-refractivity contribution in [2.24, 2.45) is 0 Å². The van der Waals surface area contributed by atoms with Crippen molar-refractivity contribution in [2.75, 3.05) is 0 Å². The number of benzene rings is 2. The standard InChI is InChI=1S/C15H7F3O4.Gd.2H2O/c16-15(17,18)13(20)11-12(19)10-8-4-2-1-3-7(8)5-6-9(10)22-14(11)21;;;/h1-6,19H;;2*1H2. The summed E-state index contributed by atoms with van der Waals surface area (Å²) >= 11 is 0. The van der Waals surface area contributed by atoms with Crippen LogP contribution in [0, 0.1) is 39.9 Å². The molecule has 25 heavy (non-hydrogen) atoms. The average Bonchev–Trinajstić information content (AvgIpc) is 2.45. The monoisotopic (exact) mass is 502 g/mol. The van der Waals surface area contributed by atoms with Gasteiger partial charge in [0, 0.05) is 39.9 Å². The van der Waals surface area contributed by atoms with E-state index in [2.05, 4.69) is 0 Å².